The number of benzene rings is 2. The maximum Gasteiger partial charge on any atom is 0.405 e. The summed E-state index contributed by atoms with van der Waals surface area (Å²) in [6.45, 7) is 0.718. The first-order chi connectivity index (χ1) is 13.2. The quantitative estimate of drug-likeness (QED) is 0.619. The molecule has 0 fully saturated rings. The van der Waals surface area contributed by atoms with Gasteiger partial charge in [-0.1, -0.05) is 30.7 Å². The minimum Gasteiger partial charge on any atom is -0.508 e. The van der Waals surface area contributed by atoms with E-state index in [-0.39, 0.29) is 22.2 Å². The van der Waals surface area contributed by atoms with E-state index >= 15 is 0 Å². The number of alkyl halides is 3. The van der Waals surface area contributed by atoms with Crippen LogP contribution in [0.15, 0.2) is 47.3 Å². The number of aromatic hydroxyl groups is 1. The highest BCUT2D eigenvalue weighted by Gasteiger charge is 2.43. The van der Waals surface area contributed by atoms with Crippen LogP contribution in [0, 0.1) is 0 Å². The summed E-state index contributed by atoms with van der Waals surface area (Å²) in [7, 11) is 0. The highest BCUT2D eigenvalue weighted by Crippen LogP contribution is 2.52. The van der Waals surface area contributed by atoms with Gasteiger partial charge in [0, 0.05) is 23.1 Å². The second-order valence-corrected chi connectivity index (χ2v) is 7.38. The predicted molar refractivity (Wildman–Crippen MR) is 102 cm³/mol. The molecule has 2 N–H and O–H groups in total. The van der Waals surface area contributed by atoms with E-state index in [2.05, 4.69) is 4.98 Å². The van der Waals surface area contributed by atoms with Crippen molar-refractivity contribution in [2.24, 2.45) is 0 Å². The molecular formula is C20H16ClF3N2O2. The third-order valence-corrected chi connectivity index (χ3v) is 5.43. The fourth-order valence-corrected chi connectivity index (χ4v) is 4.43. The van der Waals surface area contributed by atoms with Crippen LogP contribution in [0.4, 0.5) is 18.9 Å². The van der Waals surface area contributed by atoms with Crippen molar-refractivity contribution >= 4 is 28.2 Å². The molecule has 146 valence electrons. The van der Waals surface area contributed by atoms with Crippen LogP contribution in [0.3, 0.4) is 0 Å². The van der Waals surface area contributed by atoms with Crippen LogP contribution in [0.5, 0.6) is 5.75 Å². The lowest BCUT2D eigenvalue weighted by Gasteiger charge is -2.30. The molecule has 4 nitrogen and oxygen atoms in total. The van der Waals surface area contributed by atoms with Crippen molar-refractivity contribution in [2.45, 2.75) is 25.1 Å². The molecule has 2 unspecified atom stereocenters. The Morgan fingerprint density at radius 3 is 2.50 bits per heavy atom. The normalized spacial score (nSPS) is 19.2. The molecular weight excluding hydrogens is 393 g/mol. The zero-order valence-corrected chi connectivity index (χ0v) is 15.5. The molecule has 0 saturated heterocycles. The lowest BCUT2D eigenvalue weighted by atomic mass is 9.89. The number of nitrogens with zero attached hydrogens (tertiary/aromatic N) is 1. The van der Waals surface area contributed by atoms with Crippen molar-refractivity contribution in [1.82, 2.24) is 4.98 Å². The molecule has 1 aliphatic heterocycles. The summed E-state index contributed by atoms with van der Waals surface area (Å²) in [5.41, 5.74) is 1.87. The number of pyridine rings is 1. The van der Waals surface area contributed by atoms with E-state index in [9.17, 15) is 23.1 Å². The number of anilines is 1. The molecule has 0 bridgehead atoms. The molecule has 0 amide bonds. The Hall–Kier alpha value is -2.67. The monoisotopic (exact) mass is 408 g/mol. The van der Waals surface area contributed by atoms with Gasteiger partial charge in [-0.15, -0.1) is 0 Å². The van der Waals surface area contributed by atoms with E-state index in [1.807, 2.05) is 6.92 Å². The first-order valence-electron chi connectivity index (χ1n) is 8.63. The highest BCUT2D eigenvalue weighted by molar-refractivity contribution is 6.35. The summed E-state index contributed by atoms with van der Waals surface area (Å²) in [4.78, 5) is 15.7. The molecule has 0 saturated carbocycles. The summed E-state index contributed by atoms with van der Waals surface area (Å²) < 4.78 is 40.1. The van der Waals surface area contributed by atoms with Crippen molar-refractivity contribution in [3.63, 3.8) is 0 Å². The number of fused-ring (bicyclic) bond motifs is 3. The van der Waals surface area contributed by atoms with Gasteiger partial charge in [-0.2, -0.15) is 13.2 Å². The standard InChI is InChI=1S/C20H16ClF3N2O2/c1-10-17-15(7-6-14-18(17)13(21)8-16(28)25-14)26(9-20(22,23)24)19(10)11-2-4-12(27)5-3-11/h2-8,10,19,27H,9H2,1H3,(H,25,28). The average molecular weight is 409 g/mol. The number of aromatic amines is 1. The summed E-state index contributed by atoms with van der Waals surface area (Å²) in [5.74, 6) is -0.283. The topological polar surface area (TPSA) is 56.3 Å². The molecule has 3 aromatic rings. The number of hydrogen-bond donors (Lipinski definition) is 2. The Kier molecular flexibility index (Phi) is 4.30. The van der Waals surface area contributed by atoms with Gasteiger partial charge in [0.15, 0.2) is 0 Å². The molecule has 0 radical (unpaired) electrons. The Morgan fingerprint density at radius 1 is 1.18 bits per heavy atom. The summed E-state index contributed by atoms with van der Waals surface area (Å²) in [5, 5.41) is 10.3. The Balaban J connectivity index is 1.96. The van der Waals surface area contributed by atoms with E-state index in [0.29, 0.717) is 27.7 Å². The first kappa shape index (κ1) is 18.7. The smallest absolute Gasteiger partial charge is 0.405 e. The fourth-order valence-electron chi connectivity index (χ4n) is 4.13. The van der Waals surface area contributed by atoms with Gasteiger partial charge in [0.05, 0.1) is 16.6 Å². The van der Waals surface area contributed by atoms with Crippen LogP contribution in [0.2, 0.25) is 5.02 Å². The van der Waals surface area contributed by atoms with Gasteiger partial charge in [-0.05, 0) is 35.4 Å². The number of nitrogens with one attached hydrogen (secondary N) is 1. The van der Waals surface area contributed by atoms with Crippen molar-refractivity contribution in [2.75, 3.05) is 11.4 Å². The van der Waals surface area contributed by atoms with Crippen LogP contribution in [-0.2, 0) is 0 Å². The minimum atomic E-state index is -4.40. The third-order valence-electron chi connectivity index (χ3n) is 5.14. The van der Waals surface area contributed by atoms with Gasteiger partial charge in [0.25, 0.3) is 0 Å². The fraction of sp³-hybridized carbons (Fsp3) is 0.250. The Bertz CT molecular complexity index is 1110. The number of H-pyrrole nitrogens is 1. The summed E-state index contributed by atoms with van der Waals surface area (Å²) >= 11 is 6.31. The summed E-state index contributed by atoms with van der Waals surface area (Å²) in [6.07, 6.45) is -4.40. The molecule has 4 rings (SSSR count). The van der Waals surface area contributed by atoms with Crippen LogP contribution in [0.1, 0.15) is 30.0 Å². The molecule has 0 aliphatic carbocycles. The number of halogens is 4. The second-order valence-electron chi connectivity index (χ2n) is 6.97. The molecule has 8 heteroatoms. The van der Waals surface area contributed by atoms with Gasteiger partial charge >= 0.3 is 6.18 Å². The number of phenols is 1. The van der Waals surface area contributed by atoms with Gasteiger partial charge in [0.1, 0.15) is 12.3 Å². The SMILES string of the molecule is CC1c2c(ccc3[nH]c(=O)cc(Cl)c23)N(CC(F)(F)F)C1c1ccc(O)cc1. The van der Waals surface area contributed by atoms with Gasteiger partial charge in [0.2, 0.25) is 5.56 Å². The first-order valence-corrected chi connectivity index (χ1v) is 9.01. The van der Waals surface area contributed by atoms with Crippen molar-refractivity contribution < 1.29 is 18.3 Å². The average Bonchev–Trinajstić information content (AvgIpc) is 2.86. The third kappa shape index (κ3) is 3.09. The van der Waals surface area contributed by atoms with Crippen LogP contribution < -0.4 is 10.5 Å². The van der Waals surface area contributed by atoms with Crippen LogP contribution >= 0.6 is 11.6 Å². The lowest BCUT2D eigenvalue weighted by Crippen LogP contribution is -2.35. The van der Waals surface area contributed by atoms with Crippen molar-refractivity contribution in [3.05, 3.63) is 69.0 Å². The molecule has 1 aliphatic rings. The molecule has 2 atom stereocenters. The maximum atomic E-state index is 13.4. The van der Waals surface area contributed by atoms with Crippen LogP contribution in [0.25, 0.3) is 10.9 Å². The maximum absolute atomic E-state index is 13.4. The van der Waals surface area contributed by atoms with Gasteiger partial charge < -0.3 is 15.0 Å². The van der Waals surface area contributed by atoms with E-state index in [1.54, 1.807) is 24.3 Å². The largest absolute Gasteiger partial charge is 0.508 e. The van der Waals surface area contributed by atoms with Crippen LogP contribution in [-0.4, -0.2) is 22.8 Å². The Labute approximate surface area is 163 Å². The number of rotatable bonds is 2. The predicted octanol–water partition coefficient (Wildman–Crippen LogP) is 5.11. The van der Waals surface area contributed by atoms with Gasteiger partial charge in [-0.25, -0.2) is 0 Å². The van der Waals surface area contributed by atoms with E-state index in [0.717, 1.165) is 0 Å². The van der Waals surface area contributed by atoms with E-state index < -0.39 is 18.8 Å². The second kappa shape index (κ2) is 6.44. The molecule has 28 heavy (non-hydrogen) atoms. The van der Waals surface area contributed by atoms with E-state index in [1.165, 1.54) is 23.1 Å². The highest BCUT2D eigenvalue weighted by atomic mass is 35.5. The summed E-state index contributed by atoms with van der Waals surface area (Å²) in [6, 6.07) is 9.97. The minimum absolute atomic E-state index is 0.0420. The molecule has 2 aromatic carbocycles. The van der Waals surface area contributed by atoms with E-state index in [4.69, 9.17) is 11.6 Å². The zero-order chi connectivity index (χ0) is 20.2. The zero-order valence-electron chi connectivity index (χ0n) is 14.7. The van der Waals surface area contributed by atoms with Crippen molar-refractivity contribution in [3.8, 4) is 5.75 Å². The number of aromatic nitrogens is 1. The molecule has 2 heterocycles. The van der Waals surface area contributed by atoms with Crippen molar-refractivity contribution in [1.29, 1.82) is 0 Å². The number of phenolic OH excluding ortho intramolecular Hbond substituents is 1. The lowest BCUT2D eigenvalue weighted by molar-refractivity contribution is -0.120. The molecule has 0 spiro atoms. The number of hydrogen-bond acceptors (Lipinski definition) is 3. The van der Waals surface area contributed by atoms with Gasteiger partial charge in [-0.3, -0.25) is 4.79 Å². The Morgan fingerprint density at radius 2 is 1.86 bits per heavy atom. The molecule has 1 aromatic heterocycles.